The number of hydrogen-bond acceptors (Lipinski definition) is 4. The second-order valence-corrected chi connectivity index (χ2v) is 7.33. The van der Waals surface area contributed by atoms with Crippen molar-refractivity contribution in [2.24, 2.45) is 5.92 Å². The Hall–Kier alpha value is -3.02. The number of piperidine rings is 1. The Bertz CT molecular complexity index is 873. The Labute approximate surface area is 171 Å². The Morgan fingerprint density at radius 3 is 2.38 bits per heavy atom. The van der Waals surface area contributed by atoms with E-state index in [2.05, 4.69) is 5.32 Å². The first-order valence-electron chi connectivity index (χ1n) is 9.88. The van der Waals surface area contributed by atoms with E-state index in [-0.39, 0.29) is 11.8 Å². The van der Waals surface area contributed by atoms with Crippen molar-refractivity contribution in [3.8, 4) is 11.5 Å². The van der Waals surface area contributed by atoms with Crippen molar-refractivity contribution in [3.63, 3.8) is 0 Å². The molecule has 1 aliphatic rings. The molecule has 1 aliphatic heterocycles. The molecule has 1 N–H and O–H groups in total. The topological polar surface area (TPSA) is 67.9 Å². The Morgan fingerprint density at radius 1 is 1.03 bits per heavy atom. The van der Waals surface area contributed by atoms with Gasteiger partial charge in [0.25, 0.3) is 11.8 Å². The Morgan fingerprint density at radius 2 is 1.72 bits per heavy atom. The Kier molecular flexibility index (Phi) is 6.75. The number of rotatable bonds is 6. The van der Waals surface area contributed by atoms with Crippen LogP contribution in [0.15, 0.2) is 42.5 Å². The lowest BCUT2D eigenvalue weighted by atomic mass is 9.95. The average Bonchev–Trinajstić information content (AvgIpc) is 2.77. The van der Waals surface area contributed by atoms with Crippen LogP contribution in [0.5, 0.6) is 11.5 Å². The maximum absolute atomic E-state index is 12.7. The summed E-state index contributed by atoms with van der Waals surface area (Å²) in [4.78, 5) is 27.1. The summed E-state index contributed by atoms with van der Waals surface area (Å²) in [5.41, 5.74) is 2.31. The van der Waals surface area contributed by atoms with Gasteiger partial charge in [0.1, 0.15) is 0 Å². The van der Waals surface area contributed by atoms with Gasteiger partial charge >= 0.3 is 0 Å². The number of amides is 2. The second-order valence-electron chi connectivity index (χ2n) is 7.33. The zero-order valence-corrected chi connectivity index (χ0v) is 17.2. The molecular weight excluding hydrogens is 368 g/mol. The third kappa shape index (κ3) is 4.88. The molecule has 1 saturated heterocycles. The molecule has 2 amide bonds. The summed E-state index contributed by atoms with van der Waals surface area (Å²) in [7, 11) is 3.11. The van der Waals surface area contributed by atoms with Gasteiger partial charge in [-0.3, -0.25) is 9.59 Å². The first-order chi connectivity index (χ1) is 14.0. The van der Waals surface area contributed by atoms with E-state index in [4.69, 9.17) is 9.47 Å². The van der Waals surface area contributed by atoms with Gasteiger partial charge in [-0.15, -0.1) is 0 Å². The van der Waals surface area contributed by atoms with E-state index < -0.39 is 0 Å². The van der Waals surface area contributed by atoms with Crippen LogP contribution >= 0.6 is 0 Å². The highest BCUT2D eigenvalue weighted by Crippen LogP contribution is 2.27. The van der Waals surface area contributed by atoms with Gasteiger partial charge < -0.3 is 19.7 Å². The van der Waals surface area contributed by atoms with Crippen molar-refractivity contribution in [1.29, 1.82) is 0 Å². The van der Waals surface area contributed by atoms with E-state index in [9.17, 15) is 9.59 Å². The van der Waals surface area contributed by atoms with Crippen molar-refractivity contribution in [1.82, 2.24) is 10.2 Å². The largest absolute Gasteiger partial charge is 0.493 e. The van der Waals surface area contributed by atoms with Gasteiger partial charge in [0.2, 0.25) is 0 Å². The second kappa shape index (κ2) is 9.45. The molecule has 6 heteroatoms. The van der Waals surface area contributed by atoms with Crippen molar-refractivity contribution < 1.29 is 19.1 Å². The van der Waals surface area contributed by atoms with Crippen molar-refractivity contribution in [2.45, 2.75) is 19.8 Å². The van der Waals surface area contributed by atoms with Crippen LogP contribution < -0.4 is 14.8 Å². The lowest BCUT2D eigenvalue weighted by molar-refractivity contribution is 0.0683. The first-order valence-corrected chi connectivity index (χ1v) is 9.88. The van der Waals surface area contributed by atoms with Gasteiger partial charge in [-0.1, -0.05) is 18.2 Å². The molecule has 0 spiro atoms. The predicted octanol–water partition coefficient (Wildman–Crippen LogP) is 3.29. The number of aryl methyl sites for hydroxylation is 1. The molecule has 0 aliphatic carbocycles. The summed E-state index contributed by atoms with van der Waals surface area (Å²) in [6, 6.07) is 12.8. The molecule has 3 rings (SSSR count). The standard InChI is InChI=1S/C23H28N2O4/c1-16-6-4-5-7-19(16)23(27)25-12-10-17(11-13-25)15-24-22(26)18-8-9-20(28-2)21(14-18)29-3/h4-9,14,17H,10-13,15H2,1-3H3,(H,24,26). The number of likely N-dealkylation sites (tertiary alicyclic amines) is 1. The van der Waals surface area contributed by atoms with Gasteiger partial charge in [-0.2, -0.15) is 0 Å². The van der Waals surface area contributed by atoms with Gasteiger partial charge in [0.05, 0.1) is 14.2 Å². The fraction of sp³-hybridized carbons (Fsp3) is 0.391. The average molecular weight is 396 g/mol. The number of nitrogens with one attached hydrogen (secondary N) is 1. The first kappa shape index (κ1) is 20.7. The van der Waals surface area contributed by atoms with E-state index >= 15 is 0 Å². The third-order valence-corrected chi connectivity index (χ3v) is 5.47. The monoisotopic (exact) mass is 396 g/mol. The zero-order valence-electron chi connectivity index (χ0n) is 17.2. The highest BCUT2D eigenvalue weighted by atomic mass is 16.5. The highest BCUT2D eigenvalue weighted by molar-refractivity contribution is 5.96. The molecule has 0 bridgehead atoms. The van der Waals surface area contributed by atoms with Crippen LogP contribution in [-0.2, 0) is 0 Å². The molecule has 0 radical (unpaired) electrons. The van der Waals surface area contributed by atoms with E-state index in [1.54, 1.807) is 32.4 Å². The van der Waals surface area contributed by atoms with Crippen LogP contribution in [0.25, 0.3) is 0 Å². The smallest absolute Gasteiger partial charge is 0.254 e. The zero-order chi connectivity index (χ0) is 20.8. The summed E-state index contributed by atoms with van der Waals surface area (Å²) in [5, 5.41) is 3.00. The summed E-state index contributed by atoms with van der Waals surface area (Å²) < 4.78 is 10.5. The number of nitrogens with zero attached hydrogens (tertiary/aromatic N) is 1. The summed E-state index contributed by atoms with van der Waals surface area (Å²) in [5.74, 6) is 1.44. The van der Waals surface area contributed by atoms with Gasteiger partial charge in [-0.25, -0.2) is 0 Å². The number of methoxy groups -OCH3 is 2. The van der Waals surface area contributed by atoms with E-state index in [0.29, 0.717) is 42.6 Å². The minimum absolute atomic E-state index is 0.0934. The molecule has 29 heavy (non-hydrogen) atoms. The van der Waals surface area contributed by atoms with E-state index in [1.165, 1.54) is 0 Å². The van der Waals surface area contributed by atoms with Crippen LogP contribution in [0, 0.1) is 12.8 Å². The van der Waals surface area contributed by atoms with Crippen LogP contribution in [-0.4, -0.2) is 50.6 Å². The molecule has 6 nitrogen and oxygen atoms in total. The van der Waals surface area contributed by atoms with Crippen LogP contribution in [0.1, 0.15) is 39.1 Å². The third-order valence-electron chi connectivity index (χ3n) is 5.47. The fourth-order valence-electron chi connectivity index (χ4n) is 3.64. The number of ether oxygens (including phenoxy) is 2. The fourth-order valence-corrected chi connectivity index (χ4v) is 3.64. The number of carbonyl (C=O) groups is 2. The minimum Gasteiger partial charge on any atom is -0.493 e. The summed E-state index contributed by atoms with van der Waals surface area (Å²) in [6.07, 6.45) is 1.76. The van der Waals surface area contributed by atoms with Crippen molar-refractivity contribution in [2.75, 3.05) is 33.9 Å². The Balaban J connectivity index is 1.50. The highest BCUT2D eigenvalue weighted by Gasteiger charge is 2.24. The van der Waals surface area contributed by atoms with Crippen molar-refractivity contribution >= 4 is 11.8 Å². The number of benzene rings is 2. The molecule has 2 aromatic carbocycles. The van der Waals surface area contributed by atoms with Crippen LogP contribution in [0.3, 0.4) is 0 Å². The molecule has 0 saturated carbocycles. The number of hydrogen-bond donors (Lipinski definition) is 1. The lowest BCUT2D eigenvalue weighted by Crippen LogP contribution is -2.41. The lowest BCUT2D eigenvalue weighted by Gasteiger charge is -2.32. The molecular formula is C23H28N2O4. The summed E-state index contributed by atoms with van der Waals surface area (Å²) >= 11 is 0. The molecule has 0 aromatic heterocycles. The van der Waals surface area contributed by atoms with E-state index in [0.717, 1.165) is 24.0 Å². The normalized spacial score (nSPS) is 14.4. The van der Waals surface area contributed by atoms with Gasteiger partial charge in [-0.05, 0) is 55.5 Å². The van der Waals surface area contributed by atoms with Gasteiger partial charge in [0.15, 0.2) is 11.5 Å². The molecule has 1 fully saturated rings. The molecule has 1 heterocycles. The molecule has 0 unspecified atom stereocenters. The molecule has 154 valence electrons. The number of carbonyl (C=O) groups excluding carboxylic acids is 2. The maximum Gasteiger partial charge on any atom is 0.254 e. The van der Waals surface area contributed by atoms with Crippen LogP contribution in [0.2, 0.25) is 0 Å². The molecule has 2 aromatic rings. The maximum atomic E-state index is 12.7. The molecule has 0 atom stereocenters. The van der Waals surface area contributed by atoms with E-state index in [1.807, 2.05) is 36.1 Å². The minimum atomic E-state index is -0.135. The SMILES string of the molecule is COc1ccc(C(=O)NCC2CCN(C(=O)c3ccccc3C)CC2)cc1OC. The predicted molar refractivity (Wildman–Crippen MR) is 112 cm³/mol. The van der Waals surface area contributed by atoms with Crippen LogP contribution in [0.4, 0.5) is 0 Å². The van der Waals surface area contributed by atoms with Gasteiger partial charge in [0, 0.05) is 30.8 Å². The summed E-state index contributed by atoms with van der Waals surface area (Å²) in [6.45, 7) is 3.98. The van der Waals surface area contributed by atoms with Crippen molar-refractivity contribution in [3.05, 3.63) is 59.2 Å². The quantitative estimate of drug-likeness (QED) is 0.814.